The van der Waals surface area contributed by atoms with Crippen molar-refractivity contribution in [3.8, 4) is 5.75 Å². The first kappa shape index (κ1) is 22.7. The molecule has 0 heterocycles. The second-order valence-corrected chi connectivity index (χ2v) is 8.12. The number of carboxylic acids is 1. The molecule has 0 aliphatic rings. The molecule has 5 nitrogen and oxygen atoms in total. The van der Waals surface area contributed by atoms with Gasteiger partial charge in [0.1, 0.15) is 23.9 Å². The Kier molecular flexibility index (Phi) is 7.59. The first-order valence-electron chi connectivity index (χ1n) is 9.01. The number of carboxylic acid groups (broad SMARTS) is 1. The summed E-state index contributed by atoms with van der Waals surface area (Å²) in [6.07, 6.45) is 1.35. The van der Waals surface area contributed by atoms with E-state index in [0.717, 1.165) is 5.56 Å². The largest absolute Gasteiger partial charge is 0.487 e. The summed E-state index contributed by atoms with van der Waals surface area (Å²) in [5.41, 5.74) is 1.40. The molecule has 0 aliphatic heterocycles. The number of halogens is 3. The molecule has 0 unspecified atom stereocenters. The number of carbonyl (C=O) groups excluding carboxylic acids is 1. The number of carbonyl (C=O) groups is 2. The smallest absolute Gasteiger partial charge is 0.352 e. The molecule has 3 rings (SSSR count). The molecule has 2 N–H and O–H groups in total. The Bertz CT molecular complexity index is 1110. The highest BCUT2D eigenvalue weighted by Crippen LogP contribution is 2.36. The summed E-state index contributed by atoms with van der Waals surface area (Å²) in [5, 5.41) is 11.9. The Morgan fingerprint density at radius 3 is 2.19 bits per heavy atom. The van der Waals surface area contributed by atoms with Crippen molar-refractivity contribution in [3.63, 3.8) is 0 Å². The Balaban J connectivity index is 1.79. The lowest BCUT2D eigenvalue weighted by Gasteiger charge is -2.12. The van der Waals surface area contributed by atoms with Gasteiger partial charge in [0.2, 0.25) is 0 Å². The van der Waals surface area contributed by atoms with E-state index in [1.165, 1.54) is 18.2 Å². The third-order valence-electron chi connectivity index (χ3n) is 4.14. The molecule has 0 aromatic heterocycles. The quantitative estimate of drug-likeness (QED) is 0.367. The molecule has 0 atom stereocenters. The molecule has 3 aromatic rings. The lowest BCUT2D eigenvalue weighted by molar-refractivity contribution is -0.132. The average molecular weight is 549 g/mol. The molecule has 8 heteroatoms. The second kappa shape index (κ2) is 10.4. The zero-order valence-corrected chi connectivity index (χ0v) is 19.1. The first-order chi connectivity index (χ1) is 14.8. The minimum atomic E-state index is -1.27. The highest BCUT2D eigenvalue weighted by molar-refractivity contribution is 9.11. The van der Waals surface area contributed by atoms with E-state index in [0.29, 0.717) is 25.8 Å². The standard InChI is InChI=1S/C23H16Br2FNO4/c24-18-10-15(11-19(25)21(18)31-13-14-6-8-17(26)9-7-14)12-20(23(29)30)27-22(28)16-4-2-1-3-5-16/h1-12H,13H2,(H,27,28)(H,29,30)/b20-12+. The molecule has 0 fully saturated rings. The fourth-order valence-electron chi connectivity index (χ4n) is 2.64. The zero-order valence-electron chi connectivity index (χ0n) is 15.9. The van der Waals surface area contributed by atoms with E-state index in [4.69, 9.17) is 4.74 Å². The van der Waals surface area contributed by atoms with E-state index in [1.807, 2.05) is 0 Å². The molecule has 0 spiro atoms. The van der Waals surface area contributed by atoms with Gasteiger partial charge in [-0.05, 0) is 85.5 Å². The van der Waals surface area contributed by atoms with Crippen LogP contribution in [-0.4, -0.2) is 17.0 Å². The van der Waals surface area contributed by atoms with E-state index in [1.54, 1.807) is 54.6 Å². The topological polar surface area (TPSA) is 75.6 Å². The Morgan fingerprint density at radius 1 is 1.00 bits per heavy atom. The van der Waals surface area contributed by atoms with Crippen LogP contribution < -0.4 is 10.1 Å². The van der Waals surface area contributed by atoms with E-state index >= 15 is 0 Å². The van der Waals surface area contributed by atoms with Gasteiger partial charge in [-0.25, -0.2) is 9.18 Å². The summed E-state index contributed by atoms with van der Waals surface area (Å²) in [6, 6.07) is 17.6. The Labute approximate surface area is 194 Å². The molecule has 0 bridgehead atoms. The van der Waals surface area contributed by atoms with Crippen LogP contribution >= 0.6 is 31.9 Å². The number of hydrogen-bond donors (Lipinski definition) is 2. The van der Waals surface area contributed by atoms with Gasteiger partial charge in [0.15, 0.2) is 0 Å². The summed E-state index contributed by atoms with van der Waals surface area (Å²) < 4.78 is 20.0. The number of amides is 1. The van der Waals surface area contributed by atoms with Crippen LogP contribution in [0.25, 0.3) is 6.08 Å². The van der Waals surface area contributed by atoms with Crippen molar-refractivity contribution in [3.05, 3.63) is 104 Å². The van der Waals surface area contributed by atoms with Gasteiger partial charge >= 0.3 is 5.97 Å². The third-order valence-corrected chi connectivity index (χ3v) is 5.32. The van der Waals surface area contributed by atoms with E-state index in [9.17, 15) is 19.1 Å². The molecule has 158 valence electrons. The normalized spacial score (nSPS) is 11.1. The minimum absolute atomic E-state index is 0.222. The van der Waals surface area contributed by atoms with Crippen molar-refractivity contribution in [2.24, 2.45) is 0 Å². The van der Waals surface area contributed by atoms with Crippen molar-refractivity contribution in [2.75, 3.05) is 0 Å². The van der Waals surface area contributed by atoms with Crippen molar-refractivity contribution < 1.29 is 23.8 Å². The predicted octanol–water partition coefficient (Wildman–Crippen LogP) is 5.79. The molecule has 0 radical (unpaired) electrons. The van der Waals surface area contributed by atoms with Crippen LogP contribution in [0.2, 0.25) is 0 Å². The van der Waals surface area contributed by atoms with Crippen LogP contribution in [0.5, 0.6) is 5.75 Å². The van der Waals surface area contributed by atoms with Crippen LogP contribution in [0.1, 0.15) is 21.5 Å². The summed E-state index contributed by atoms with van der Waals surface area (Å²) in [5.74, 6) is -1.61. The molecule has 0 saturated carbocycles. The number of aliphatic carboxylic acids is 1. The minimum Gasteiger partial charge on any atom is -0.487 e. The predicted molar refractivity (Wildman–Crippen MR) is 122 cm³/mol. The highest BCUT2D eigenvalue weighted by Gasteiger charge is 2.15. The van der Waals surface area contributed by atoms with Crippen LogP contribution in [0, 0.1) is 5.82 Å². The van der Waals surface area contributed by atoms with E-state index in [-0.39, 0.29) is 18.1 Å². The van der Waals surface area contributed by atoms with Gasteiger partial charge in [-0.3, -0.25) is 4.79 Å². The fourth-order valence-corrected chi connectivity index (χ4v) is 4.09. The molecule has 0 aliphatic carbocycles. The van der Waals surface area contributed by atoms with Crippen molar-refractivity contribution in [1.29, 1.82) is 0 Å². The monoisotopic (exact) mass is 547 g/mol. The number of ether oxygens (including phenoxy) is 1. The third kappa shape index (κ3) is 6.26. The van der Waals surface area contributed by atoms with Gasteiger partial charge in [0.05, 0.1) is 8.95 Å². The molecule has 0 saturated heterocycles. The van der Waals surface area contributed by atoms with Gasteiger partial charge in [0, 0.05) is 5.56 Å². The van der Waals surface area contributed by atoms with Crippen LogP contribution in [0.3, 0.4) is 0 Å². The van der Waals surface area contributed by atoms with Gasteiger partial charge < -0.3 is 15.2 Å². The van der Waals surface area contributed by atoms with Crippen molar-refractivity contribution >= 4 is 49.8 Å². The summed E-state index contributed by atoms with van der Waals surface area (Å²) in [6.45, 7) is 0.222. The first-order valence-corrected chi connectivity index (χ1v) is 10.6. The Hall–Kier alpha value is -2.97. The zero-order chi connectivity index (χ0) is 22.4. The molecular weight excluding hydrogens is 533 g/mol. The van der Waals surface area contributed by atoms with E-state index < -0.39 is 11.9 Å². The maximum Gasteiger partial charge on any atom is 0.352 e. The summed E-state index contributed by atoms with van der Waals surface area (Å²) >= 11 is 6.84. The highest BCUT2D eigenvalue weighted by atomic mass is 79.9. The number of nitrogens with one attached hydrogen (secondary N) is 1. The second-order valence-electron chi connectivity index (χ2n) is 6.41. The fraction of sp³-hybridized carbons (Fsp3) is 0.0435. The van der Waals surface area contributed by atoms with Gasteiger partial charge in [-0.2, -0.15) is 0 Å². The number of rotatable bonds is 7. The number of benzene rings is 3. The number of hydrogen-bond acceptors (Lipinski definition) is 3. The molecule has 31 heavy (non-hydrogen) atoms. The lowest BCUT2D eigenvalue weighted by Crippen LogP contribution is -2.27. The van der Waals surface area contributed by atoms with Gasteiger partial charge in [0.25, 0.3) is 5.91 Å². The summed E-state index contributed by atoms with van der Waals surface area (Å²) in [4.78, 5) is 23.9. The van der Waals surface area contributed by atoms with Gasteiger partial charge in [-0.1, -0.05) is 30.3 Å². The summed E-state index contributed by atoms with van der Waals surface area (Å²) in [7, 11) is 0. The SMILES string of the molecule is O=C(O)/C(=C\c1cc(Br)c(OCc2ccc(F)cc2)c(Br)c1)NC(=O)c1ccccc1. The molecule has 3 aromatic carbocycles. The van der Waals surface area contributed by atoms with Crippen molar-refractivity contribution in [1.82, 2.24) is 5.32 Å². The Morgan fingerprint density at radius 2 is 1.61 bits per heavy atom. The maximum absolute atomic E-state index is 13.0. The van der Waals surface area contributed by atoms with Gasteiger partial charge in [-0.15, -0.1) is 0 Å². The maximum atomic E-state index is 13.0. The molecule has 1 amide bonds. The molecular formula is C23H16Br2FNO4. The lowest BCUT2D eigenvalue weighted by atomic mass is 10.1. The van der Waals surface area contributed by atoms with Crippen LogP contribution in [0.15, 0.2) is 81.4 Å². The van der Waals surface area contributed by atoms with E-state index in [2.05, 4.69) is 37.2 Å². The van der Waals surface area contributed by atoms with Crippen LogP contribution in [0.4, 0.5) is 4.39 Å². The van der Waals surface area contributed by atoms with Crippen LogP contribution in [-0.2, 0) is 11.4 Å². The average Bonchev–Trinajstić information content (AvgIpc) is 2.74. The van der Waals surface area contributed by atoms with Crippen molar-refractivity contribution in [2.45, 2.75) is 6.61 Å².